The van der Waals surface area contributed by atoms with E-state index in [1.165, 1.54) is 0 Å². The molecule has 1 aromatic carbocycles. The Morgan fingerprint density at radius 3 is 2.76 bits per heavy atom. The minimum atomic E-state index is 0.0675. The minimum absolute atomic E-state index is 0.0675. The fraction of sp³-hybridized carbons (Fsp3) is 0.562. The summed E-state index contributed by atoms with van der Waals surface area (Å²) >= 11 is 12.0. The Morgan fingerprint density at radius 2 is 2.10 bits per heavy atom. The maximum atomic E-state index is 12.1. The molecule has 0 radical (unpaired) electrons. The van der Waals surface area contributed by atoms with Crippen molar-refractivity contribution < 1.29 is 4.79 Å². The number of amides is 1. The average Bonchev–Trinajstić information content (AvgIpc) is 2.43. The maximum Gasteiger partial charge on any atom is 0.220 e. The molecular weight excluding hydrogens is 307 g/mol. The van der Waals surface area contributed by atoms with E-state index in [4.69, 9.17) is 23.2 Å². The van der Waals surface area contributed by atoms with Gasteiger partial charge in [-0.1, -0.05) is 29.3 Å². The first-order valence-corrected chi connectivity index (χ1v) is 8.24. The van der Waals surface area contributed by atoms with Crippen molar-refractivity contribution in [2.24, 2.45) is 5.92 Å². The highest BCUT2D eigenvalue weighted by Gasteiger charge is 2.18. The van der Waals surface area contributed by atoms with Crippen LogP contribution in [0.15, 0.2) is 18.2 Å². The van der Waals surface area contributed by atoms with E-state index in [1.54, 1.807) is 6.07 Å². The second-order valence-corrected chi connectivity index (χ2v) is 6.65. The molecule has 1 aliphatic heterocycles. The standard InChI is InChI=1S/C16H22Cl2N2O/c1-11(8-13-2-3-14(17)10-15(13)18)20-16(21)9-12-4-6-19-7-5-12/h2-3,10-12,19H,4-9H2,1H3,(H,20,21)/t11-/m0/s1. The molecule has 0 unspecified atom stereocenters. The van der Waals surface area contributed by atoms with Crippen molar-refractivity contribution in [3.05, 3.63) is 33.8 Å². The number of nitrogens with one attached hydrogen (secondary N) is 2. The zero-order chi connectivity index (χ0) is 15.2. The quantitative estimate of drug-likeness (QED) is 0.869. The average molecular weight is 329 g/mol. The fourth-order valence-corrected chi connectivity index (χ4v) is 3.24. The summed E-state index contributed by atoms with van der Waals surface area (Å²) in [5.74, 6) is 0.650. The second kappa shape index (κ2) is 8.02. The summed E-state index contributed by atoms with van der Waals surface area (Å²) in [4.78, 5) is 12.1. The van der Waals surface area contributed by atoms with Crippen LogP contribution in [0.4, 0.5) is 0 Å². The zero-order valence-electron chi connectivity index (χ0n) is 12.3. The molecular formula is C16H22Cl2N2O. The van der Waals surface area contributed by atoms with E-state index in [0.717, 1.165) is 31.5 Å². The van der Waals surface area contributed by atoms with Crippen LogP contribution in [0.5, 0.6) is 0 Å². The smallest absolute Gasteiger partial charge is 0.220 e. The monoisotopic (exact) mass is 328 g/mol. The highest BCUT2D eigenvalue weighted by atomic mass is 35.5. The van der Waals surface area contributed by atoms with E-state index in [1.807, 2.05) is 19.1 Å². The number of piperidine rings is 1. The second-order valence-electron chi connectivity index (χ2n) is 5.81. The normalized spacial score (nSPS) is 17.5. The summed E-state index contributed by atoms with van der Waals surface area (Å²) in [6.45, 7) is 4.05. The van der Waals surface area contributed by atoms with Gasteiger partial charge in [0.1, 0.15) is 0 Å². The van der Waals surface area contributed by atoms with Gasteiger partial charge < -0.3 is 10.6 Å². The van der Waals surface area contributed by atoms with Crippen molar-refractivity contribution in [2.45, 2.75) is 38.6 Å². The van der Waals surface area contributed by atoms with Gasteiger partial charge in [0.05, 0.1) is 0 Å². The molecule has 0 saturated carbocycles. The molecule has 0 aromatic heterocycles. The molecule has 1 aliphatic rings. The topological polar surface area (TPSA) is 41.1 Å². The Morgan fingerprint density at radius 1 is 1.38 bits per heavy atom. The summed E-state index contributed by atoms with van der Waals surface area (Å²) in [6.07, 6.45) is 3.52. The van der Waals surface area contributed by atoms with Crippen molar-refractivity contribution in [3.63, 3.8) is 0 Å². The Bertz CT molecular complexity index is 487. The van der Waals surface area contributed by atoms with Gasteiger partial charge in [-0.2, -0.15) is 0 Å². The SMILES string of the molecule is C[C@@H](Cc1ccc(Cl)cc1Cl)NC(=O)CC1CCNCC1. The molecule has 1 atom stereocenters. The number of hydrogen-bond donors (Lipinski definition) is 2. The van der Waals surface area contributed by atoms with E-state index in [0.29, 0.717) is 28.8 Å². The van der Waals surface area contributed by atoms with Crippen LogP contribution in [0, 0.1) is 5.92 Å². The lowest BCUT2D eigenvalue weighted by atomic mass is 9.94. The van der Waals surface area contributed by atoms with E-state index in [-0.39, 0.29) is 11.9 Å². The largest absolute Gasteiger partial charge is 0.353 e. The summed E-state index contributed by atoms with van der Waals surface area (Å²) in [5.41, 5.74) is 1.01. The molecule has 1 amide bonds. The van der Waals surface area contributed by atoms with Crippen molar-refractivity contribution in [1.82, 2.24) is 10.6 Å². The third-order valence-corrected chi connectivity index (χ3v) is 4.47. The van der Waals surface area contributed by atoms with Gasteiger partial charge in [0.15, 0.2) is 0 Å². The van der Waals surface area contributed by atoms with Crippen molar-refractivity contribution in [2.75, 3.05) is 13.1 Å². The Hall–Kier alpha value is -0.770. The lowest BCUT2D eigenvalue weighted by Crippen LogP contribution is -2.37. The number of carbonyl (C=O) groups excluding carboxylic acids is 1. The van der Waals surface area contributed by atoms with Crippen LogP contribution in [0.2, 0.25) is 10.0 Å². The predicted molar refractivity (Wildman–Crippen MR) is 88.0 cm³/mol. The molecule has 5 heteroatoms. The first-order chi connectivity index (χ1) is 10.0. The third-order valence-electron chi connectivity index (χ3n) is 3.88. The molecule has 0 bridgehead atoms. The van der Waals surface area contributed by atoms with Crippen LogP contribution in [-0.4, -0.2) is 25.0 Å². The predicted octanol–water partition coefficient (Wildman–Crippen LogP) is 3.43. The van der Waals surface area contributed by atoms with E-state index in [2.05, 4.69) is 10.6 Å². The van der Waals surface area contributed by atoms with Crippen LogP contribution in [0.1, 0.15) is 31.7 Å². The van der Waals surface area contributed by atoms with Crippen LogP contribution >= 0.6 is 23.2 Å². The van der Waals surface area contributed by atoms with E-state index >= 15 is 0 Å². The van der Waals surface area contributed by atoms with Gasteiger partial charge in [-0.15, -0.1) is 0 Å². The van der Waals surface area contributed by atoms with Crippen LogP contribution in [0.3, 0.4) is 0 Å². The molecule has 1 saturated heterocycles. The molecule has 2 rings (SSSR count). The first-order valence-electron chi connectivity index (χ1n) is 7.48. The summed E-state index contributed by atoms with van der Waals surface area (Å²) in [5, 5.41) is 7.67. The molecule has 21 heavy (non-hydrogen) atoms. The number of carbonyl (C=O) groups is 1. The van der Waals surface area contributed by atoms with Gasteiger partial charge in [-0.25, -0.2) is 0 Å². The van der Waals surface area contributed by atoms with E-state index in [9.17, 15) is 4.79 Å². The molecule has 1 fully saturated rings. The number of rotatable bonds is 5. The summed E-state index contributed by atoms with van der Waals surface area (Å²) in [7, 11) is 0. The van der Waals surface area contributed by atoms with Gasteiger partial charge in [0, 0.05) is 22.5 Å². The third kappa shape index (κ3) is 5.50. The molecule has 1 aromatic rings. The highest BCUT2D eigenvalue weighted by Crippen LogP contribution is 2.22. The van der Waals surface area contributed by atoms with Gasteiger partial charge >= 0.3 is 0 Å². The lowest BCUT2D eigenvalue weighted by Gasteiger charge is -2.23. The van der Waals surface area contributed by atoms with Crippen LogP contribution < -0.4 is 10.6 Å². The van der Waals surface area contributed by atoms with Gasteiger partial charge in [0.25, 0.3) is 0 Å². The molecule has 0 spiro atoms. The Kier molecular flexibility index (Phi) is 6.34. The molecule has 116 valence electrons. The maximum absolute atomic E-state index is 12.1. The first kappa shape index (κ1) is 16.6. The van der Waals surface area contributed by atoms with Crippen molar-refractivity contribution in [3.8, 4) is 0 Å². The number of halogens is 2. The molecule has 2 N–H and O–H groups in total. The van der Waals surface area contributed by atoms with Crippen LogP contribution in [0.25, 0.3) is 0 Å². The highest BCUT2D eigenvalue weighted by molar-refractivity contribution is 6.35. The van der Waals surface area contributed by atoms with Gasteiger partial charge in [-0.3, -0.25) is 4.79 Å². The Labute approximate surface area is 136 Å². The molecule has 3 nitrogen and oxygen atoms in total. The molecule has 1 heterocycles. The van der Waals surface area contributed by atoms with Crippen molar-refractivity contribution >= 4 is 29.1 Å². The Balaban J connectivity index is 1.80. The summed E-state index contributed by atoms with van der Waals surface area (Å²) in [6, 6.07) is 5.55. The van der Waals surface area contributed by atoms with Crippen molar-refractivity contribution in [1.29, 1.82) is 0 Å². The minimum Gasteiger partial charge on any atom is -0.353 e. The fourth-order valence-electron chi connectivity index (χ4n) is 2.75. The summed E-state index contributed by atoms with van der Waals surface area (Å²) < 4.78 is 0. The lowest BCUT2D eigenvalue weighted by molar-refractivity contribution is -0.122. The zero-order valence-corrected chi connectivity index (χ0v) is 13.8. The number of benzene rings is 1. The van der Waals surface area contributed by atoms with Gasteiger partial charge in [-0.05, 0) is 62.9 Å². The van der Waals surface area contributed by atoms with E-state index < -0.39 is 0 Å². The van der Waals surface area contributed by atoms with Crippen LogP contribution in [-0.2, 0) is 11.2 Å². The molecule has 0 aliphatic carbocycles. The van der Waals surface area contributed by atoms with Gasteiger partial charge in [0.2, 0.25) is 5.91 Å². The number of hydrogen-bond acceptors (Lipinski definition) is 2.